The smallest absolute Gasteiger partial charge is 0.245 e. The van der Waals surface area contributed by atoms with Gasteiger partial charge < -0.3 is 15.5 Å². The SMILES string of the molecule is C[C@H]1C(=O)N2CCC[C@@H]2CN1C(=O)CSc1nnc(N)s1. The lowest BCUT2D eigenvalue weighted by Gasteiger charge is -2.41. The molecule has 2 saturated heterocycles. The Balaban J connectivity index is 1.62. The average molecular weight is 327 g/mol. The maximum Gasteiger partial charge on any atom is 0.245 e. The molecule has 3 heterocycles. The van der Waals surface area contributed by atoms with Crippen molar-refractivity contribution >= 4 is 40.0 Å². The molecule has 0 spiro atoms. The predicted molar refractivity (Wildman–Crippen MR) is 81.0 cm³/mol. The van der Waals surface area contributed by atoms with Crippen molar-refractivity contribution in [3.63, 3.8) is 0 Å². The zero-order chi connectivity index (χ0) is 15.0. The number of nitrogens with two attached hydrogens (primary N) is 1. The molecule has 1 aromatic heterocycles. The number of anilines is 1. The third-order valence-electron chi connectivity index (χ3n) is 3.95. The Hall–Kier alpha value is -1.35. The molecule has 0 saturated carbocycles. The quantitative estimate of drug-likeness (QED) is 0.810. The second-order valence-corrected chi connectivity index (χ2v) is 7.48. The first-order valence-electron chi connectivity index (χ1n) is 6.88. The Kier molecular flexibility index (Phi) is 4.03. The van der Waals surface area contributed by atoms with Crippen LogP contribution in [0.5, 0.6) is 0 Å². The van der Waals surface area contributed by atoms with Crippen molar-refractivity contribution in [3.05, 3.63) is 0 Å². The van der Waals surface area contributed by atoms with Gasteiger partial charge in [0.25, 0.3) is 0 Å². The van der Waals surface area contributed by atoms with E-state index in [-0.39, 0.29) is 29.7 Å². The Labute approximate surface area is 130 Å². The molecule has 114 valence electrons. The zero-order valence-corrected chi connectivity index (χ0v) is 13.3. The van der Waals surface area contributed by atoms with E-state index in [0.717, 1.165) is 19.4 Å². The summed E-state index contributed by atoms with van der Waals surface area (Å²) in [5, 5.41) is 7.99. The predicted octanol–water partition coefficient (Wildman–Crippen LogP) is 0.434. The summed E-state index contributed by atoms with van der Waals surface area (Å²) in [6.07, 6.45) is 2.02. The molecular weight excluding hydrogens is 310 g/mol. The van der Waals surface area contributed by atoms with Crippen molar-refractivity contribution in [3.8, 4) is 0 Å². The van der Waals surface area contributed by atoms with Gasteiger partial charge in [-0.15, -0.1) is 10.2 Å². The van der Waals surface area contributed by atoms with Crippen molar-refractivity contribution in [2.24, 2.45) is 0 Å². The van der Waals surface area contributed by atoms with Gasteiger partial charge in [-0.25, -0.2) is 0 Å². The van der Waals surface area contributed by atoms with Gasteiger partial charge in [0.1, 0.15) is 6.04 Å². The monoisotopic (exact) mass is 327 g/mol. The molecule has 3 rings (SSSR count). The van der Waals surface area contributed by atoms with Crippen LogP contribution in [-0.2, 0) is 9.59 Å². The van der Waals surface area contributed by atoms with E-state index >= 15 is 0 Å². The number of thioether (sulfide) groups is 1. The van der Waals surface area contributed by atoms with E-state index in [1.54, 1.807) is 4.90 Å². The molecule has 21 heavy (non-hydrogen) atoms. The fraction of sp³-hybridized carbons (Fsp3) is 0.667. The van der Waals surface area contributed by atoms with Crippen LogP contribution in [0.2, 0.25) is 0 Å². The Bertz CT molecular complexity index is 564. The lowest BCUT2D eigenvalue weighted by molar-refractivity contribution is -0.151. The van der Waals surface area contributed by atoms with Crippen LogP contribution >= 0.6 is 23.1 Å². The molecular formula is C12H17N5O2S2. The topological polar surface area (TPSA) is 92.4 Å². The van der Waals surface area contributed by atoms with Crippen molar-refractivity contribution in [1.82, 2.24) is 20.0 Å². The van der Waals surface area contributed by atoms with Gasteiger partial charge in [-0.3, -0.25) is 9.59 Å². The summed E-state index contributed by atoms with van der Waals surface area (Å²) in [7, 11) is 0. The Morgan fingerprint density at radius 2 is 2.33 bits per heavy atom. The lowest BCUT2D eigenvalue weighted by atomic mass is 10.1. The zero-order valence-electron chi connectivity index (χ0n) is 11.7. The number of carbonyl (C=O) groups excluding carboxylic acids is 2. The maximum atomic E-state index is 12.4. The van der Waals surface area contributed by atoms with E-state index in [2.05, 4.69) is 10.2 Å². The summed E-state index contributed by atoms with van der Waals surface area (Å²) < 4.78 is 0.680. The molecule has 2 amide bonds. The minimum atomic E-state index is -0.369. The summed E-state index contributed by atoms with van der Waals surface area (Å²) in [5.74, 6) is 0.308. The number of nitrogens with zero attached hydrogens (tertiary/aromatic N) is 4. The Morgan fingerprint density at radius 1 is 1.52 bits per heavy atom. The van der Waals surface area contributed by atoms with E-state index in [1.807, 2.05) is 11.8 Å². The van der Waals surface area contributed by atoms with Crippen LogP contribution in [-0.4, -0.2) is 62.7 Å². The molecule has 9 heteroatoms. The number of rotatable bonds is 3. The first-order valence-corrected chi connectivity index (χ1v) is 8.68. The first kappa shape index (κ1) is 14.6. The molecule has 2 atom stereocenters. The number of amides is 2. The summed E-state index contributed by atoms with van der Waals surface area (Å²) in [6, 6.07) is -0.174. The van der Waals surface area contributed by atoms with Crippen LogP contribution in [0.4, 0.5) is 5.13 Å². The van der Waals surface area contributed by atoms with Crippen LogP contribution in [0.15, 0.2) is 4.34 Å². The lowest BCUT2D eigenvalue weighted by Crippen LogP contribution is -2.60. The van der Waals surface area contributed by atoms with Crippen LogP contribution in [0, 0.1) is 0 Å². The number of hydrogen-bond donors (Lipinski definition) is 1. The number of piperazine rings is 1. The highest BCUT2D eigenvalue weighted by molar-refractivity contribution is 8.01. The molecule has 0 radical (unpaired) electrons. The number of carbonyl (C=O) groups is 2. The molecule has 0 aromatic carbocycles. The summed E-state index contributed by atoms with van der Waals surface area (Å²) >= 11 is 2.59. The minimum Gasteiger partial charge on any atom is -0.374 e. The molecule has 7 nitrogen and oxygen atoms in total. The number of nitrogen functional groups attached to an aromatic ring is 1. The average Bonchev–Trinajstić information content (AvgIpc) is 3.09. The highest BCUT2D eigenvalue weighted by Gasteiger charge is 2.41. The second-order valence-electron chi connectivity index (χ2n) is 5.24. The van der Waals surface area contributed by atoms with Crippen LogP contribution < -0.4 is 5.73 Å². The van der Waals surface area contributed by atoms with Gasteiger partial charge >= 0.3 is 0 Å². The van der Waals surface area contributed by atoms with E-state index < -0.39 is 0 Å². The van der Waals surface area contributed by atoms with E-state index in [0.29, 0.717) is 16.0 Å². The number of fused-ring (bicyclic) bond motifs is 1. The Morgan fingerprint density at radius 3 is 3.05 bits per heavy atom. The second kappa shape index (κ2) is 5.80. The third kappa shape index (κ3) is 2.84. The summed E-state index contributed by atoms with van der Waals surface area (Å²) in [6.45, 7) is 3.28. The molecule has 0 bridgehead atoms. The van der Waals surface area contributed by atoms with Gasteiger partial charge in [-0.2, -0.15) is 0 Å². The number of aromatic nitrogens is 2. The van der Waals surface area contributed by atoms with Crippen LogP contribution in [0.3, 0.4) is 0 Å². The summed E-state index contributed by atoms with van der Waals surface area (Å²) in [4.78, 5) is 28.3. The first-order chi connectivity index (χ1) is 10.1. The normalized spacial score (nSPS) is 25.3. The van der Waals surface area contributed by atoms with Crippen LogP contribution in [0.25, 0.3) is 0 Å². The minimum absolute atomic E-state index is 0.0267. The fourth-order valence-corrected chi connectivity index (χ4v) is 4.40. The summed E-state index contributed by atoms with van der Waals surface area (Å²) in [5.41, 5.74) is 5.51. The van der Waals surface area contributed by atoms with Crippen molar-refractivity contribution in [1.29, 1.82) is 0 Å². The molecule has 0 unspecified atom stereocenters. The van der Waals surface area contributed by atoms with Gasteiger partial charge in [-0.1, -0.05) is 23.1 Å². The molecule has 2 aliphatic rings. The van der Waals surface area contributed by atoms with E-state index in [9.17, 15) is 9.59 Å². The molecule has 2 N–H and O–H groups in total. The van der Waals surface area contributed by atoms with E-state index in [4.69, 9.17) is 5.73 Å². The van der Waals surface area contributed by atoms with Gasteiger partial charge in [0.15, 0.2) is 4.34 Å². The van der Waals surface area contributed by atoms with Crippen molar-refractivity contribution < 1.29 is 9.59 Å². The van der Waals surface area contributed by atoms with Crippen LogP contribution in [0.1, 0.15) is 19.8 Å². The third-order valence-corrected chi connectivity index (χ3v) is 5.82. The number of hydrogen-bond acceptors (Lipinski definition) is 7. The standard InChI is InChI=1S/C12H17N5O2S2/c1-7-10(19)16-4-2-3-8(16)5-17(7)9(18)6-20-12-15-14-11(13)21-12/h7-8H,2-6H2,1H3,(H2,13,14)/t7-,8+/m0/s1. The molecule has 2 aliphatic heterocycles. The highest BCUT2D eigenvalue weighted by atomic mass is 32.2. The van der Waals surface area contributed by atoms with Gasteiger partial charge in [0.05, 0.1) is 5.75 Å². The largest absolute Gasteiger partial charge is 0.374 e. The van der Waals surface area contributed by atoms with Crippen molar-refractivity contribution in [2.45, 2.75) is 36.2 Å². The van der Waals surface area contributed by atoms with E-state index in [1.165, 1.54) is 23.1 Å². The molecule has 0 aliphatic carbocycles. The van der Waals surface area contributed by atoms with Gasteiger partial charge in [0.2, 0.25) is 16.9 Å². The maximum absolute atomic E-state index is 12.4. The highest BCUT2D eigenvalue weighted by Crippen LogP contribution is 2.28. The fourth-order valence-electron chi connectivity index (χ4n) is 2.88. The van der Waals surface area contributed by atoms with Crippen molar-refractivity contribution in [2.75, 3.05) is 24.6 Å². The van der Waals surface area contributed by atoms with Gasteiger partial charge in [-0.05, 0) is 19.8 Å². The molecule has 1 aromatic rings. The molecule has 2 fully saturated rings. The van der Waals surface area contributed by atoms with Gasteiger partial charge in [0, 0.05) is 19.1 Å².